The number of hydrogen-bond acceptors (Lipinski definition) is 1. The van der Waals surface area contributed by atoms with Crippen molar-refractivity contribution in [3.63, 3.8) is 0 Å². The first-order valence-corrected chi connectivity index (χ1v) is 7.67. The summed E-state index contributed by atoms with van der Waals surface area (Å²) in [5.74, 6) is 0.357. The smallest absolute Gasteiger partial charge is 0.0445 e. The number of benzene rings is 1. The Kier molecular flexibility index (Phi) is 4.00. The summed E-state index contributed by atoms with van der Waals surface area (Å²) in [4.78, 5) is 1.37. The van der Waals surface area contributed by atoms with Gasteiger partial charge in [-0.2, -0.15) is 0 Å². The first-order chi connectivity index (χ1) is 7.00. The SMILES string of the molecule is C=C[C@@H](C)[C@H](N)S(C)(C)c1ccccc1. The van der Waals surface area contributed by atoms with E-state index in [1.807, 2.05) is 12.1 Å². The Morgan fingerprint density at radius 3 is 2.27 bits per heavy atom. The van der Waals surface area contributed by atoms with Crippen molar-refractivity contribution >= 4 is 10.0 Å². The summed E-state index contributed by atoms with van der Waals surface area (Å²) in [5.41, 5.74) is 6.30. The fourth-order valence-corrected chi connectivity index (χ4v) is 3.96. The normalized spacial score (nSPS) is 16.8. The van der Waals surface area contributed by atoms with Crippen molar-refractivity contribution in [1.82, 2.24) is 0 Å². The molecule has 1 rings (SSSR count). The van der Waals surface area contributed by atoms with E-state index in [0.717, 1.165) is 0 Å². The highest BCUT2D eigenvalue weighted by atomic mass is 32.3. The summed E-state index contributed by atoms with van der Waals surface area (Å²) in [6.45, 7) is 5.96. The van der Waals surface area contributed by atoms with Crippen molar-refractivity contribution in [1.29, 1.82) is 0 Å². The van der Waals surface area contributed by atoms with Gasteiger partial charge < -0.3 is 5.73 Å². The van der Waals surface area contributed by atoms with Crippen LogP contribution in [0.15, 0.2) is 47.9 Å². The second kappa shape index (κ2) is 4.86. The van der Waals surface area contributed by atoms with Gasteiger partial charge in [0, 0.05) is 5.37 Å². The molecule has 0 amide bonds. The molecular formula is C13H21NS. The lowest BCUT2D eigenvalue weighted by molar-refractivity contribution is 0.687. The van der Waals surface area contributed by atoms with Gasteiger partial charge in [-0.1, -0.05) is 43.3 Å². The van der Waals surface area contributed by atoms with Gasteiger partial charge in [-0.3, -0.25) is 0 Å². The lowest BCUT2D eigenvalue weighted by Crippen LogP contribution is -2.32. The first-order valence-electron chi connectivity index (χ1n) is 5.15. The Hall–Kier alpha value is -0.730. The quantitative estimate of drug-likeness (QED) is 0.779. The fraction of sp³-hybridized carbons (Fsp3) is 0.385. The van der Waals surface area contributed by atoms with E-state index < -0.39 is 10.0 Å². The zero-order valence-electron chi connectivity index (χ0n) is 9.81. The predicted molar refractivity (Wildman–Crippen MR) is 71.5 cm³/mol. The van der Waals surface area contributed by atoms with E-state index in [-0.39, 0.29) is 5.37 Å². The highest BCUT2D eigenvalue weighted by Crippen LogP contribution is 2.53. The maximum atomic E-state index is 6.30. The lowest BCUT2D eigenvalue weighted by atomic mass is 10.2. The summed E-state index contributed by atoms with van der Waals surface area (Å²) >= 11 is 0. The Bertz CT molecular complexity index is 319. The molecule has 0 bridgehead atoms. The molecule has 0 unspecified atom stereocenters. The van der Waals surface area contributed by atoms with Crippen LogP contribution in [0.5, 0.6) is 0 Å². The van der Waals surface area contributed by atoms with Gasteiger partial charge in [0.15, 0.2) is 0 Å². The van der Waals surface area contributed by atoms with E-state index in [1.54, 1.807) is 0 Å². The van der Waals surface area contributed by atoms with Gasteiger partial charge in [0.25, 0.3) is 0 Å². The Morgan fingerprint density at radius 1 is 1.27 bits per heavy atom. The van der Waals surface area contributed by atoms with E-state index in [0.29, 0.717) is 5.92 Å². The van der Waals surface area contributed by atoms with E-state index in [1.165, 1.54) is 4.90 Å². The highest BCUT2D eigenvalue weighted by molar-refractivity contribution is 8.33. The maximum absolute atomic E-state index is 6.30. The first kappa shape index (κ1) is 12.3. The summed E-state index contributed by atoms with van der Waals surface area (Å²) in [5, 5.41) is 0.178. The Balaban J connectivity index is 2.97. The molecule has 1 aromatic rings. The molecule has 1 aromatic carbocycles. The van der Waals surface area contributed by atoms with Crippen molar-refractivity contribution in [2.24, 2.45) is 11.7 Å². The summed E-state index contributed by atoms with van der Waals surface area (Å²) in [6, 6.07) is 10.5. The monoisotopic (exact) mass is 223 g/mol. The zero-order chi connectivity index (χ0) is 11.5. The minimum absolute atomic E-state index is 0.178. The molecule has 0 heterocycles. The van der Waals surface area contributed by atoms with E-state index in [9.17, 15) is 0 Å². The highest BCUT2D eigenvalue weighted by Gasteiger charge is 2.25. The van der Waals surface area contributed by atoms with Crippen molar-refractivity contribution in [2.45, 2.75) is 17.2 Å². The van der Waals surface area contributed by atoms with Crippen LogP contribution in [-0.4, -0.2) is 17.9 Å². The lowest BCUT2D eigenvalue weighted by Gasteiger charge is -2.40. The van der Waals surface area contributed by atoms with Crippen LogP contribution in [0.3, 0.4) is 0 Å². The minimum atomic E-state index is -0.944. The van der Waals surface area contributed by atoms with Crippen LogP contribution in [0, 0.1) is 5.92 Å². The van der Waals surface area contributed by atoms with Gasteiger partial charge in [-0.05, 0) is 23.3 Å². The van der Waals surface area contributed by atoms with E-state index >= 15 is 0 Å². The molecule has 2 atom stereocenters. The molecule has 0 saturated heterocycles. The molecule has 0 saturated carbocycles. The number of rotatable bonds is 4. The molecule has 0 fully saturated rings. The molecular weight excluding hydrogens is 202 g/mol. The van der Waals surface area contributed by atoms with Gasteiger partial charge >= 0.3 is 0 Å². The van der Waals surface area contributed by atoms with Gasteiger partial charge in [0.1, 0.15) is 0 Å². The Morgan fingerprint density at radius 2 is 1.80 bits per heavy atom. The average molecular weight is 223 g/mol. The maximum Gasteiger partial charge on any atom is 0.0445 e. The zero-order valence-corrected chi connectivity index (χ0v) is 10.6. The van der Waals surface area contributed by atoms with Crippen LogP contribution in [0.1, 0.15) is 6.92 Å². The van der Waals surface area contributed by atoms with Gasteiger partial charge in [0.05, 0.1) is 0 Å². The molecule has 15 heavy (non-hydrogen) atoms. The van der Waals surface area contributed by atoms with Crippen LogP contribution < -0.4 is 5.73 Å². The predicted octanol–water partition coefficient (Wildman–Crippen LogP) is 3.22. The molecule has 0 aliphatic heterocycles. The third-order valence-electron chi connectivity index (χ3n) is 2.92. The standard InChI is InChI=1S/C13H21NS/c1-5-11(2)13(14)15(3,4)12-9-7-6-8-10-12/h5-11,13H,1,14H2,2-4H3/t11-,13-/m1/s1. The molecule has 0 aliphatic carbocycles. The molecule has 0 radical (unpaired) electrons. The number of hydrogen-bond donors (Lipinski definition) is 1. The second-order valence-electron chi connectivity index (χ2n) is 4.28. The molecule has 1 nitrogen and oxygen atoms in total. The summed E-state index contributed by atoms with van der Waals surface area (Å²) in [6.07, 6.45) is 6.49. The minimum Gasteiger partial charge on any atom is -0.320 e. The van der Waals surface area contributed by atoms with Crippen molar-refractivity contribution in [2.75, 3.05) is 12.5 Å². The second-order valence-corrected chi connectivity index (χ2v) is 8.11. The molecule has 0 aliphatic rings. The topological polar surface area (TPSA) is 26.0 Å². The third-order valence-corrected chi connectivity index (χ3v) is 6.20. The third kappa shape index (κ3) is 2.64. The molecule has 2 N–H and O–H groups in total. The Labute approximate surface area is 94.7 Å². The van der Waals surface area contributed by atoms with Crippen molar-refractivity contribution in [3.05, 3.63) is 43.0 Å². The summed E-state index contributed by atoms with van der Waals surface area (Å²) < 4.78 is 0. The van der Waals surface area contributed by atoms with E-state index in [2.05, 4.69) is 50.3 Å². The van der Waals surface area contributed by atoms with Crippen LogP contribution in [0.2, 0.25) is 0 Å². The van der Waals surface area contributed by atoms with Crippen molar-refractivity contribution < 1.29 is 0 Å². The molecule has 0 spiro atoms. The van der Waals surface area contributed by atoms with E-state index in [4.69, 9.17) is 5.73 Å². The van der Waals surface area contributed by atoms with Crippen molar-refractivity contribution in [3.8, 4) is 0 Å². The van der Waals surface area contributed by atoms with Crippen LogP contribution in [-0.2, 0) is 0 Å². The average Bonchev–Trinajstić information content (AvgIpc) is 2.28. The molecule has 2 heteroatoms. The largest absolute Gasteiger partial charge is 0.320 e. The van der Waals surface area contributed by atoms with Crippen LogP contribution >= 0.6 is 10.0 Å². The molecule has 0 aromatic heterocycles. The van der Waals surface area contributed by atoms with Gasteiger partial charge in [-0.25, -0.2) is 10.0 Å². The fourth-order valence-electron chi connectivity index (χ4n) is 1.60. The molecule has 84 valence electrons. The van der Waals surface area contributed by atoms with Crippen LogP contribution in [0.25, 0.3) is 0 Å². The van der Waals surface area contributed by atoms with Crippen LogP contribution in [0.4, 0.5) is 0 Å². The number of nitrogens with two attached hydrogens (primary N) is 1. The van der Waals surface area contributed by atoms with Gasteiger partial charge in [0.2, 0.25) is 0 Å². The summed E-state index contributed by atoms with van der Waals surface area (Å²) in [7, 11) is -0.944. The van der Waals surface area contributed by atoms with Gasteiger partial charge in [-0.15, -0.1) is 6.58 Å².